The second kappa shape index (κ2) is 63.1. The molecule has 0 amide bonds. The topological polar surface area (TPSA) is 237 Å². The van der Waals surface area contributed by atoms with Crippen LogP contribution >= 0.6 is 15.6 Å². The highest BCUT2D eigenvalue weighted by molar-refractivity contribution is 7.47. The highest BCUT2D eigenvalue weighted by atomic mass is 31.2. The average Bonchev–Trinajstić information content (AvgIpc) is 2.43. The van der Waals surface area contributed by atoms with Crippen molar-refractivity contribution in [3.05, 3.63) is 0 Å². The lowest BCUT2D eigenvalue weighted by molar-refractivity contribution is -0.161. The zero-order valence-corrected chi connectivity index (χ0v) is 60.2. The van der Waals surface area contributed by atoms with Gasteiger partial charge in [0, 0.05) is 25.7 Å². The molecule has 0 spiro atoms. The van der Waals surface area contributed by atoms with Gasteiger partial charge in [0.1, 0.15) is 19.3 Å². The van der Waals surface area contributed by atoms with Crippen LogP contribution in [0.2, 0.25) is 0 Å². The lowest BCUT2D eigenvalue weighted by Gasteiger charge is -2.21. The van der Waals surface area contributed by atoms with Gasteiger partial charge in [-0.05, 0) is 37.5 Å². The fourth-order valence-electron chi connectivity index (χ4n) is 10.8. The number of hydrogen-bond donors (Lipinski definition) is 3. The molecular weight excluding hydrogens is 1190 g/mol. The van der Waals surface area contributed by atoms with E-state index in [1.807, 2.05) is 0 Å². The Bertz CT molecular complexity index is 1750. The summed E-state index contributed by atoms with van der Waals surface area (Å²) < 4.78 is 68.3. The standard InChI is InChI=1S/C71H138O17P2/c1-7-9-11-13-15-17-19-20-21-22-23-24-25-26-32-36-44-50-56-71(76)87-66(59-81-68(73)53-47-41-34-31-28-27-29-33-39-45-51-63(3)4)61-85-89(77,78)83-57-65(72)58-84-90(79,80)86-62-67(60-82-69(74)54-48-42-38-37-40-46-52-64(5)6)88-70(75)55-49-43-35-30-18-16-14-12-10-8-2/h63-67,72H,7-62H2,1-6H3,(H,77,78)(H,79,80)/t65-,66-,67-/m1/s1. The molecule has 0 bridgehead atoms. The molecule has 19 heteroatoms. The summed E-state index contributed by atoms with van der Waals surface area (Å²) in [6, 6.07) is 0. The number of aliphatic hydroxyl groups is 1. The van der Waals surface area contributed by atoms with Gasteiger partial charge in [-0.25, -0.2) is 9.13 Å². The molecule has 0 radical (unpaired) electrons. The summed E-state index contributed by atoms with van der Waals surface area (Å²) in [5.41, 5.74) is 0. The van der Waals surface area contributed by atoms with Crippen LogP contribution in [-0.2, 0) is 65.4 Å². The van der Waals surface area contributed by atoms with Crippen LogP contribution in [0.25, 0.3) is 0 Å². The third-order valence-electron chi connectivity index (χ3n) is 16.5. The quantitative estimate of drug-likeness (QED) is 0.0222. The first-order valence-corrected chi connectivity index (χ1v) is 40.0. The van der Waals surface area contributed by atoms with Gasteiger partial charge in [0.05, 0.1) is 26.4 Å². The maximum atomic E-state index is 13.0. The summed E-state index contributed by atoms with van der Waals surface area (Å²) in [5.74, 6) is -0.687. The highest BCUT2D eigenvalue weighted by Crippen LogP contribution is 2.45. The first kappa shape index (κ1) is 88.1. The Labute approximate surface area is 549 Å². The number of rotatable bonds is 70. The van der Waals surface area contributed by atoms with Crippen molar-refractivity contribution in [1.29, 1.82) is 0 Å². The molecule has 17 nitrogen and oxygen atoms in total. The van der Waals surface area contributed by atoms with Gasteiger partial charge in [-0.1, -0.05) is 311 Å². The zero-order valence-electron chi connectivity index (χ0n) is 58.4. The Balaban J connectivity index is 5.21. The lowest BCUT2D eigenvalue weighted by Crippen LogP contribution is -2.30. The summed E-state index contributed by atoms with van der Waals surface area (Å²) in [5, 5.41) is 10.6. The Kier molecular flexibility index (Phi) is 61.8. The number of hydrogen-bond acceptors (Lipinski definition) is 15. The fraction of sp³-hybridized carbons (Fsp3) is 0.944. The second-order valence-corrected chi connectivity index (χ2v) is 29.5. The van der Waals surface area contributed by atoms with Gasteiger partial charge < -0.3 is 33.8 Å². The molecule has 0 aliphatic rings. The first-order chi connectivity index (χ1) is 43.4. The van der Waals surface area contributed by atoms with E-state index in [4.69, 9.17) is 37.0 Å². The van der Waals surface area contributed by atoms with Crippen LogP contribution in [0.5, 0.6) is 0 Å². The Morgan fingerprint density at radius 2 is 0.511 bits per heavy atom. The van der Waals surface area contributed by atoms with E-state index in [0.717, 1.165) is 102 Å². The van der Waals surface area contributed by atoms with Crippen molar-refractivity contribution < 1.29 is 80.2 Å². The van der Waals surface area contributed by atoms with Crippen LogP contribution in [0, 0.1) is 11.8 Å². The van der Waals surface area contributed by atoms with Crippen molar-refractivity contribution in [2.45, 2.75) is 381 Å². The molecule has 0 rings (SSSR count). The van der Waals surface area contributed by atoms with Crippen LogP contribution in [0.1, 0.15) is 363 Å². The molecule has 0 aliphatic heterocycles. The predicted octanol–water partition coefficient (Wildman–Crippen LogP) is 20.4. The number of carbonyl (C=O) groups excluding carboxylic acids is 4. The van der Waals surface area contributed by atoms with Crippen molar-refractivity contribution >= 4 is 39.5 Å². The van der Waals surface area contributed by atoms with E-state index in [2.05, 4.69) is 41.5 Å². The molecular formula is C71H138O17P2. The van der Waals surface area contributed by atoms with Crippen LogP contribution < -0.4 is 0 Å². The van der Waals surface area contributed by atoms with Crippen molar-refractivity contribution in [3.63, 3.8) is 0 Å². The summed E-state index contributed by atoms with van der Waals surface area (Å²) in [4.78, 5) is 72.5. The average molecular weight is 1330 g/mol. The molecule has 3 N–H and O–H groups in total. The minimum Gasteiger partial charge on any atom is -0.462 e. The number of esters is 4. The van der Waals surface area contributed by atoms with E-state index in [1.54, 1.807) is 0 Å². The van der Waals surface area contributed by atoms with Gasteiger partial charge >= 0.3 is 39.5 Å². The Morgan fingerprint density at radius 3 is 0.756 bits per heavy atom. The molecule has 90 heavy (non-hydrogen) atoms. The first-order valence-electron chi connectivity index (χ1n) is 37.0. The van der Waals surface area contributed by atoms with Crippen molar-refractivity contribution in [2.75, 3.05) is 39.6 Å². The molecule has 0 aromatic heterocycles. The Hall–Kier alpha value is -1.94. The normalized spacial score (nSPS) is 14.1. The second-order valence-electron chi connectivity index (χ2n) is 26.6. The van der Waals surface area contributed by atoms with Gasteiger partial charge in [-0.2, -0.15) is 0 Å². The molecule has 0 aromatic carbocycles. The van der Waals surface area contributed by atoms with E-state index in [0.29, 0.717) is 31.6 Å². The van der Waals surface area contributed by atoms with Gasteiger partial charge in [-0.3, -0.25) is 37.3 Å². The number of unbranched alkanes of at least 4 members (excludes halogenated alkanes) is 40. The fourth-order valence-corrected chi connectivity index (χ4v) is 12.3. The van der Waals surface area contributed by atoms with Gasteiger partial charge in [0.15, 0.2) is 12.2 Å². The maximum absolute atomic E-state index is 13.0. The lowest BCUT2D eigenvalue weighted by atomic mass is 10.0. The third-order valence-corrected chi connectivity index (χ3v) is 18.4. The van der Waals surface area contributed by atoms with Crippen LogP contribution in [0.4, 0.5) is 0 Å². The number of aliphatic hydroxyl groups excluding tert-OH is 1. The molecule has 534 valence electrons. The molecule has 2 unspecified atom stereocenters. The van der Waals surface area contributed by atoms with Gasteiger partial charge in [0.25, 0.3) is 0 Å². The summed E-state index contributed by atoms with van der Waals surface area (Å²) in [7, 11) is -9.90. The van der Waals surface area contributed by atoms with Crippen molar-refractivity contribution in [3.8, 4) is 0 Å². The third kappa shape index (κ3) is 64.8. The van der Waals surface area contributed by atoms with E-state index in [9.17, 15) is 43.2 Å². The minimum atomic E-state index is -4.95. The van der Waals surface area contributed by atoms with Crippen LogP contribution in [0.3, 0.4) is 0 Å². The van der Waals surface area contributed by atoms with E-state index in [-0.39, 0.29) is 25.7 Å². The van der Waals surface area contributed by atoms with E-state index >= 15 is 0 Å². The largest absolute Gasteiger partial charge is 0.472 e. The number of ether oxygens (including phenoxy) is 4. The summed E-state index contributed by atoms with van der Waals surface area (Å²) >= 11 is 0. The zero-order chi connectivity index (χ0) is 66.5. The summed E-state index contributed by atoms with van der Waals surface area (Å²) in [6.07, 6.45) is 48.7. The van der Waals surface area contributed by atoms with Gasteiger partial charge in [-0.15, -0.1) is 0 Å². The molecule has 0 saturated heterocycles. The molecule has 0 aliphatic carbocycles. The predicted molar refractivity (Wildman–Crippen MR) is 363 cm³/mol. The smallest absolute Gasteiger partial charge is 0.462 e. The minimum absolute atomic E-state index is 0.105. The number of phosphoric acid groups is 2. The number of phosphoric ester groups is 2. The molecule has 0 heterocycles. The van der Waals surface area contributed by atoms with Gasteiger partial charge in [0.2, 0.25) is 0 Å². The van der Waals surface area contributed by atoms with Crippen LogP contribution in [0.15, 0.2) is 0 Å². The Morgan fingerprint density at radius 1 is 0.300 bits per heavy atom. The van der Waals surface area contributed by atoms with E-state index in [1.165, 1.54) is 173 Å². The summed E-state index contributed by atoms with van der Waals surface area (Å²) in [6.45, 7) is 9.46. The molecule has 0 aromatic rings. The monoisotopic (exact) mass is 1320 g/mol. The van der Waals surface area contributed by atoms with E-state index < -0.39 is 97.5 Å². The molecule has 0 saturated carbocycles. The molecule has 0 fully saturated rings. The van der Waals surface area contributed by atoms with Crippen molar-refractivity contribution in [1.82, 2.24) is 0 Å². The SMILES string of the molecule is CCCCCCCCCCCCCCCCCCCCC(=O)O[C@H](COC(=O)CCCCCCCCCCCCC(C)C)COP(=O)(O)OC[C@@H](O)COP(=O)(O)OC[C@@H](COC(=O)CCCCCCCCC(C)C)OC(=O)CCCCCCCCCCCC. The van der Waals surface area contributed by atoms with Crippen molar-refractivity contribution in [2.24, 2.45) is 11.8 Å². The highest BCUT2D eigenvalue weighted by Gasteiger charge is 2.30. The molecule has 5 atom stereocenters. The maximum Gasteiger partial charge on any atom is 0.472 e. The van der Waals surface area contributed by atoms with Crippen LogP contribution in [-0.4, -0.2) is 96.7 Å². The number of carbonyl (C=O) groups is 4.